The van der Waals surface area contributed by atoms with E-state index < -0.39 is 10.0 Å². The van der Waals surface area contributed by atoms with Crippen LogP contribution < -0.4 is 4.72 Å². The number of rotatable bonds is 3. The Bertz CT molecular complexity index is 598. The van der Waals surface area contributed by atoms with Crippen LogP contribution in [0.15, 0.2) is 21.7 Å². The Balaban J connectivity index is 2.31. The third-order valence-corrected chi connectivity index (χ3v) is 3.40. The van der Waals surface area contributed by atoms with E-state index in [2.05, 4.69) is 20.1 Å². The molecule has 2 rings (SSSR count). The van der Waals surface area contributed by atoms with E-state index >= 15 is 0 Å². The first kappa shape index (κ1) is 10.7. The summed E-state index contributed by atoms with van der Waals surface area (Å²) < 4.78 is 30.7. The number of hydrogen-bond acceptors (Lipinski definition) is 5. The van der Waals surface area contributed by atoms with Gasteiger partial charge in [0.15, 0.2) is 0 Å². The van der Waals surface area contributed by atoms with Crippen molar-refractivity contribution >= 4 is 15.9 Å². The second-order valence-corrected chi connectivity index (χ2v) is 4.95. The van der Waals surface area contributed by atoms with Gasteiger partial charge in [0.25, 0.3) is 10.0 Å². The van der Waals surface area contributed by atoms with Crippen molar-refractivity contribution in [1.29, 1.82) is 0 Å². The molecule has 0 aliphatic heterocycles. The minimum Gasteiger partial charge on any atom is -0.338 e. The van der Waals surface area contributed by atoms with Gasteiger partial charge in [0, 0.05) is 6.07 Å². The second kappa shape index (κ2) is 3.63. The quantitative estimate of drug-likeness (QED) is 0.829. The summed E-state index contributed by atoms with van der Waals surface area (Å²) in [4.78, 5) is 0.0848. The molecule has 7 nitrogen and oxygen atoms in total. The molecule has 2 aromatic heterocycles. The minimum absolute atomic E-state index is 0.0816. The number of aromatic amines is 1. The monoisotopic (exact) mass is 242 g/mol. The van der Waals surface area contributed by atoms with E-state index in [9.17, 15) is 8.42 Å². The van der Waals surface area contributed by atoms with E-state index in [1.54, 1.807) is 13.8 Å². The third kappa shape index (κ3) is 1.91. The van der Waals surface area contributed by atoms with Crippen LogP contribution in [0.1, 0.15) is 11.4 Å². The van der Waals surface area contributed by atoms with Crippen molar-refractivity contribution in [3.8, 4) is 0 Å². The standard InChI is InChI=1S/C8H10N4O3S/c1-5-3-8(15-11-5)12-16(13,14)7-4-9-10-6(7)2/h3-4,12H,1-2H3,(H,9,10). The van der Waals surface area contributed by atoms with E-state index in [0.29, 0.717) is 11.4 Å². The maximum absolute atomic E-state index is 11.8. The molecule has 0 fully saturated rings. The van der Waals surface area contributed by atoms with Crippen molar-refractivity contribution in [2.75, 3.05) is 4.72 Å². The van der Waals surface area contributed by atoms with Crippen molar-refractivity contribution in [3.05, 3.63) is 23.7 Å². The summed E-state index contributed by atoms with van der Waals surface area (Å²) in [5, 5.41) is 9.77. The first-order valence-electron chi connectivity index (χ1n) is 4.45. The van der Waals surface area contributed by atoms with Crippen LogP contribution in [0.3, 0.4) is 0 Å². The highest BCUT2D eigenvalue weighted by atomic mass is 32.2. The highest BCUT2D eigenvalue weighted by molar-refractivity contribution is 7.92. The van der Waals surface area contributed by atoms with Gasteiger partial charge in [0.05, 0.1) is 17.6 Å². The lowest BCUT2D eigenvalue weighted by Crippen LogP contribution is -2.12. The maximum atomic E-state index is 11.8. The number of aromatic nitrogens is 3. The van der Waals surface area contributed by atoms with Gasteiger partial charge >= 0.3 is 0 Å². The van der Waals surface area contributed by atoms with Gasteiger partial charge in [-0.15, -0.1) is 0 Å². The van der Waals surface area contributed by atoms with Crippen molar-refractivity contribution < 1.29 is 12.9 Å². The van der Waals surface area contributed by atoms with Crippen LogP contribution in [0.5, 0.6) is 0 Å². The SMILES string of the molecule is Cc1cc(NS(=O)(=O)c2cn[nH]c2C)on1. The summed E-state index contributed by atoms with van der Waals surface area (Å²) in [5.41, 5.74) is 1.06. The van der Waals surface area contributed by atoms with Crippen molar-refractivity contribution in [2.45, 2.75) is 18.7 Å². The van der Waals surface area contributed by atoms with Gasteiger partial charge in [0.1, 0.15) is 4.90 Å². The lowest BCUT2D eigenvalue weighted by atomic mass is 10.5. The van der Waals surface area contributed by atoms with E-state index in [-0.39, 0.29) is 10.8 Å². The number of aryl methyl sites for hydroxylation is 2. The average Bonchev–Trinajstić information content (AvgIpc) is 2.74. The van der Waals surface area contributed by atoms with Crippen LogP contribution in [0.2, 0.25) is 0 Å². The summed E-state index contributed by atoms with van der Waals surface area (Å²) >= 11 is 0. The van der Waals surface area contributed by atoms with E-state index in [1.807, 2.05) is 0 Å². The lowest BCUT2D eigenvalue weighted by Gasteiger charge is -2.02. The lowest BCUT2D eigenvalue weighted by molar-refractivity contribution is 0.430. The van der Waals surface area contributed by atoms with Crippen molar-refractivity contribution in [2.24, 2.45) is 0 Å². The Morgan fingerprint density at radius 1 is 1.44 bits per heavy atom. The topological polar surface area (TPSA) is 101 Å². The summed E-state index contributed by atoms with van der Waals surface area (Å²) in [6.07, 6.45) is 1.24. The molecule has 16 heavy (non-hydrogen) atoms. The molecule has 0 atom stereocenters. The number of hydrogen-bond donors (Lipinski definition) is 2. The summed E-state index contributed by atoms with van der Waals surface area (Å²) in [7, 11) is -3.66. The Labute approximate surface area is 91.9 Å². The average molecular weight is 242 g/mol. The molecule has 0 bridgehead atoms. The molecule has 0 radical (unpaired) electrons. The van der Waals surface area contributed by atoms with Gasteiger partial charge in [-0.3, -0.25) is 5.10 Å². The van der Waals surface area contributed by atoms with Gasteiger partial charge in [0.2, 0.25) is 5.88 Å². The Morgan fingerprint density at radius 3 is 2.69 bits per heavy atom. The molecular formula is C8H10N4O3S. The molecule has 2 N–H and O–H groups in total. The fourth-order valence-electron chi connectivity index (χ4n) is 1.21. The fourth-order valence-corrected chi connectivity index (χ4v) is 2.32. The van der Waals surface area contributed by atoms with Crippen LogP contribution in [0.25, 0.3) is 0 Å². The molecule has 0 unspecified atom stereocenters. The Morgan fingerprint density at radius 2 is 2.19 bits per heavy atom. The molecule has 8 heteroatoms. The second-order valence-electron chi connectivity index (χ2n) is 3.30. The molecule has 0 aromatic carbocycles. The zero-order valence-electron chi connectivity index (χ0n) is 8.68. The summed E-state index contributed by atoms with van der Waals surface area (Å²) in [6.45, 7) is 3.32. The Hall–Kier alpha value is -1.83. The minimum atomic E-state index is -3.66. The molecule has 0 amide bonds. The number of H-pyrrole nitrogens is 1. The molecule has 0 saturated carbocycles. The number of nitrogens with zero attached hydrogens (tertiary/aromatic N) is 2. The highest BCUT2D eigenvalue weighted by Gasteiger charge is 2.20. The zero-order chi connectivity index (χ0) is 11.8. The number of nitrogens with one attached hydrogen (secondary N) is 2. The molecule has 0 aliphatic carbocycles. The summed E-state index contributed by atoms with van der Waals surface area (Å²) in [5.74, 6) is 0.0816. The molecule has 2 heterocycles. The highest BCUT2D eigenvalue weighted by Crippen LogP contribution is 2.17. The molecule has 86 valence electrons. The van der Waals surface area contributed by atoms with Crippen LogP contribution in [-0.4, -0.2) is 23.8 Å². The van der Waals surface area contributed by atoms with Crippen LogP contribution >= 0.6 is 0 Å². The van der Waals surface area contributed by atoms with Gasteiger partial charge < -0.3 is 4.52 Å². The molecule has 0 aliphatic rings. The van der Waals surface area contributed by atoms with E-state index in [0.717, 1.165) is 0 Å². The summed E-state index contributed by atoms with van der Waals surface area (Å²) in [6, 6.07) is 1.49. The van der Waals surface area contributed by atoms with Gasteiger partial charge in [-0.05, 0) is 13.8 Å². The number of sulfonamides is 1. The third-order valence-electron chi connectivity index (χ3n) is 1.94. The van der Waals surface area contributed by atoms with E-state index in [4.69, 9.17) is 4.52 Å². The van der Waals surface area contributed by atoms with Crippen LogP contribution in [-0.2, 0) is 10.0 Å². The predicted molar refractivity (Wildman–Crippen MR) is 55.4 cm³/mol. The predicted octanol–water partition coefficient (Wildman–Crippen LogP) is 0.815. The van der Waals surface area contributed by atoms with Crippen LogP contribution in [0.4, 0.5) is 5.88 Å². The van der Waals surface area contributed by atoms with Crippen molar-refractivity contribution in [1.82, 2.24) is 15.4 Å². The Kier molecular flexibility index (Phi) is 2.43. The molecular weight excluding hydrogens is 232 g/mol. The molecule has 0 saturated heterocycles. The first-order valence-corrected chi connectivity index (χ1v) is 5.93. The van der Waals surface area contributed by atoms with Crippen molar-refractivity contribution in [3.63, 3.8) is 0 Å². The number of anilines is 1. The van der Waals surface area contributed by atoms with Gasteiger partial charge in [-0.2, -0.15) is 5.10 Å². The fraction of sp³-hybridized carbons (Fsp3) is 0.250. The van der Waals surface area contributed by atoms with Gasteiger partial charge in [-0.25, -0.2) is 13.1 Å². The maximum Gasteiger partial charge on any atom is 0.267 e. The normalized spacial score (nSPS) is 11.6. The first-order chi connectivity index (χ1) is 7.49. The van der Waals surface area contributed by atoms with E-state index in [1.165, 1.54) is 12.3 Å². The van der Waals surface area contributed by atoms with Crippen LogP contribution in [0, 0.1) is 13.8 Å². The zero-order valence-corrected chi connectivity index (χ0v) is 9.50. The molecule has 0 spiro atoms. The van der Waals surface area contributed by atoms with Gasteiger partial charge in [-0.1, -0.05) is 5.16 Å². The molecule has 2 aromatic rings. The largest absolute Gasteiger partial charge is 0.338 e. The smallest absolute Gasteiger partial charge is 0.267 e.